The van der Waals surface area contributed by atoms with Gasteiger partial charge in [0, 0.05) is 21.1 Å². The zero-order valence-electron chi connectivity index (χ0n) is 11.8. The van der Waals surface area contributed by atoms with Crippen molar-refractivity contribution in [3.63, 3.8) is 0 Å². The second kappa shape index (κ2) is 5.61. The quantitative estimate of drug-likeness (QED) is 0.591. The van der Waals surface area contributed by atoms with Crippen molar-refractivity contribution < 1.29 is 9.21 Å². The molecule has 0 unspecified atom stereocenters. The van der Waals surface area contributed by atoms with Gasteiger partial charge in [-0.05, 0) is 12.1 Å². The Labute approximate surface area is 118 Å². The summed E-state index contributed by atoms with van der Waals surface area (Å²) in [5.74, 6) is 0.375. The van der Waals surface area contributed by atoms with Crippen LogP contribution >= 0.6 is 0 Å². The number of furan rings is 1. The highest BCUT2D eigenvalue weighted by molar-refractivity contribution is 5.70. The standard InChI is InChI=1S/C8H10N4O2.C5H4O2/c1-10-4-9-6-5(10)7(13)12(3)8(14)11(6)2;6-4-5-2-1-3-7-5/h4H,1-3H3;1-4H. The Kier molecular flexibility index (Phi) is 3.88. The minimum Gasteiger partial charge on any atom is -0.462 e. The molecule has 110 valence electrons. The summed E-state index contributed by atoms with van der Waals surface area (Å²) in [5, 5.41) is 0. The first-order chi connectivity index (χ1) is 9.97. The number of fused-ring (bicyclic) bond motifs is 1. The van der Waals surface area contributed by atoms with Gasteiger partial charge in [0.1, 0.15) is 0 Å². The molecule has 3 rings (SSSR count). The fourth-order valence-corrected chi connectivity index (χ4v) is 1.83. The van der Waals surface area contributed by atoms with Crippen LogP contribution in [0.4, 0.5) is 0 Å². The van der Waals surface area contributed by atoms with Crippen molar-refractivity contribution in [1.29, 1.82) is 0 Å². The Balaban J connectivity index is 0.000000194. The summed E-state index contributed by atoms with van der Waals surface area (Å²) >= 11 is 0. The topological polar surface area (TPSA) is 92.0 Å². The summed E-state index contributed by atoms with van der Waals surface area (Å²) in [4.78, 5) is 36.9. The van der Waals surface area contributed by atoms with Crippen LogP contribution in [0, 0.1) is 0 Å². The zero-order valence-corrected chi connectivity index (χ0v) is 11.8. The van der Waals surface area contributed by atoms with Crippen LogP contribution in [0.2, 0.25) is 0 Å². The van der Waals surface area contributed by atoms with Crippen molar-refractivity contribution in [1.82, 2.24) is 18.7 Å². The maximum absolute atomic E-state index is 11.7. The molecule has 0 aliphatic rings. The molecule has 3 aromatic rings. The van der Waals surface area contributed by atoms with Crippen molar-refractivity contribution in [2.24, 2.45) is 21.1 Å². The highest BCUT2D eigenvalue weighted by Crippen LogP contribution is 2.01. The van der Waals surface area contributed by atoms with E-state index in [1.165, 1.54) is 24.2 Å². The number of aldehydes is 1. The van der Waals surface area contributed by atoms with Crippen molar-refractivity contribution in [2.45, 2.75) is 0 Å². The van der Waals surface area contributed by atoms with Crippen molar-refractivity contribution in [3.8, 4) is 0 Å². The molecule has 0 saturated heterocycles. The molecule has 0 amide bonds. The third kappa shape index (κ3) is 2.55. The summed E-state index contributed by atoms with van der Waals surface area (Å²) in [7, 11) is 4.77. The molecule has 0 radical (unpaired) electrons. The zero-order chi connectivity index (χ0) is 15.6. The van der Waals surface area contributed by atoms with E-state index in [9.17, 15) is 14.4 Å². The largest absolute Gasteiger partial charge is 0.462 e. The molecule has 0 spiro atoms. The lowest BCUT2D eigenvalue weighted by atomic mass is 10.5. The fourth-order valence-electron chi connectivity index (χ4n) is 1.83. The van der Waals surface area contributed by atoms with Crippen molar-refractivity contribution >= 4 is 17.5 Å². The molecule has 0 aromatic carbocycles. The number of hydrogen-bond acceptors (Lipinski definition) is 5. The summed E-state index contributed by atoms with van der Waals surface area (Å²) < 4.78 is 8.65. The van der Waals surface area contributed by atoms with Crippen LogP contribution in [0.25, 0.3) is 11.2 Å². The number of carbonyl (C=O) groups excluding carboxylic acids is 1. The van der Waals surface area contributed by atoms with Gasteiger partial charge in [-0.1, -0.05) is 0 Å². The monoisotopic (exact) mass is 290 g/mol. The lowest BCUT2D eigenvalue weighted by Gasteiger charge is -2.02. The predicted molar refractivity (Wildman–Crippen MR) is 75.3 cm³/mol. The molecule has 8 nitrogen and oxygen atoms in total. The van der Waals surface area contributed by atoms with Gasteiger partial charge >= 0.3 is 5.69 Å². The smallest absolute Gasteiger partial charge is 0.332 e. The van der Waals surface area contributed by atoms with Crippen LogP contribution in [-0.4, -0.2) is 25.0 Å². The van der Waals surface area contributed by atoms with E-state index in [1.54, 1.807) is 30.8 Å². The minimum atomic E-state index is -0.360. The van der Waals surface area contributed by atoms with E-state index in [4.69, 9.17) is 0 Å². The molecule has 0 fully saturated rings. The minimum absolute atomic E-state index is 0.317. The Bertz CT molecular complexity index is 883. The summed E-state index contributed by atoms with van der Waals surface area (Å²) in [6, 6.07) is 3.27. The van der Waals surface area contributed by atoms with Gasteiger partial charge < -0.3 is 8.98 Å². The first-order valence-electron chi connectivity index (χ1n) is 6.03. The third-order valence-electron chi connectivity index (χ3n) is 2.98. The lowest BCUT2D eigenvalue weighted by Crippen LogP contribution is -2.37. The van der Waals surface area contributed by atoms with Crippen molar-refractivity contribution in [3.05, 3.63) is 51.3 Å². The summed E-state index contributed by atoms with van der Waals surface area (Å²) in [6.45, 7) is 0. The highest BCUT2D eigenvalue weighted by atomic mass is 16.3. The van der Waals surface area contributed by atoms with Gasteiger partial charge in [0.15, 0.2) is 23.2 Å². The van der Waals surface area contributed by atoms with Crippen LogP contribution in [0.5, 0.6) is 0 Å². The van der Waals surface area contributed by atoms with Crippen molar-refractivity contribution in [2.75, 3.05) is 0 Å². The van der Waals surface area contributed by atoms with E-state index in [1.807, 2.05) is 0 Å². The SMILES string of the molecule is Cn1c(=O)c2c(ncn2C)n(C)c1=O.O=Cc1ccco1. The molecular formula is C13H14N4O4. The third-order valence-corrected chi connectivity index (χ3v) is 2.98. The second-order valence-corrected chi connectivity index (χ2v) is 4.37. The van der Waals surface area contributed by atoms with Crippen LogP contribution in [0.1, 0.15) is 10.6 Å². The van der Waals surface area contributed by atoms with Crippen LogP contribution in [-0.2, 0) is 21.1 Å². The normalized spacial score (nSPS) is 10.2. The number of aryl methyl sites for hydroxylation is 2. The van der Waals surface area contributed by atoms with Crippen LogP contribution in [0.15, 0.2) is 38.7 Å². The maximum Gasteiger partial charge on any atom is 0.332 e. The lowest BCUT2D eigenvalue weighted by molar-refractivity contribution is 0.110. The Hall–Kier alpha value is -2.90. The van der Waals surface area contributed by atoms with Gasteiger partial charge in [0.2, 0.25) is 0 Å². The summed E-state index contributed by atoms with van der Waals surface area (Å²) in [5.41, 5.74) is 0.180. The molecule has 0 saturated carbocycles. The molecule has 0 aliphatic carbocycles. The average Bonchev–Trinajstić information content (AvgIpc) is 3.13. The van der Waals surface area contributed by atoms with Crippen LogP contribution in [0.3, 0.4) is 0 Å². The van der Waals surface area contributed by atoms with Gasteiger partial charge in [-0.2, -0.15) is 0 Å². The van der Waals surface area contributed by atoms with Gasteiger partial charge in [-0.3, -0.25) is 18.7 Å². The second-order valence-electron chi connectivity index (χ2n) is 4.37. The number of aromatic nitrogens is 4. The molecule has 3 heterocycles. The molecule has 0 N–H and O–H groups in total. The van der Waals surface area contributed by atoms with E-state index in [0.717, 1.165) is 4.57 Å². The number of carbonyl (C=O) groups is 1. The summed E-state index contributed by atoms with van der Waals surface area (Å²) in [6.07, 6.45) is 3.65. The first-order valence-corrected chi connectivity index (χ1v) is 6.03. The number of nitrogens with zero attached hydrogens (tertiary/aromatic N) is 4. The number of rotatable bonds is 1. The molecule has 8 heteroatoms. The molecule has 21 heavy (non-hydrogen) atoms. The Morgan fingerprint density at radius 2 is 1.90 bits per heavy atom. The number of hydrogen-bond donors (Lipinski definition) is 0. The molecule has 0 atom stereocenters. The van der Waals surface area contributed by atoms with E-state index in [2.05, 4.69) is 9.40 Å². The van der Waals surface area contributed by atoms with Gasteiger partial charge in [0.05, 0.1) is 12.6 Å². The van der Waals surface area contributed by atoms with E-state index in [0.29, 0.717) is 23.2 Å². The van der Waals surface area contributed by atoms with E-state index >= 15 is 0 Å². The maximum atomic E-state index is 11.7. The predicted octanol–water partition coefficient (Wildman–Crippen LogP) is 0.0628. The fraction of sp³-hybridized carbons (Fsp3) is 0.231. The van der Waals surface area contributed by atoms with E-state index in [-0.39, 0.29) is 11.2 Å². The Morgan fingerprint density at radius 1 is 1.19 bits per heavy atom. The molecule has 3 aromatic heterocycles. The van der Waals surface area contributed by atoms with Crippen LogP contribution < -0.4 is 11.2 Å². The van der Waals surface area contributed by atoms with Gasteiger partial charge in [0.25, 0.3) is 5.56 Å². The highest BCUT2D eigenvalue weighted by Gasteiger charge is 2.11. The Morgan fingerprint density at radius 3 is 2.43 bits per heavy atom. The molecular weight excluding hydrogens is 276 g/mol. The number of imidazole rings is 1. The van der Waals surface area contributed by atoms with Gasteiger partial charge in [-0.15, -0.1) is 0 Å². The van der Waals surface area contributed by atoms with Gasteiger partial charge in [-0.25, -0.2) is 9.78 Å². The first kappa shape index (κ1) is 14.5. The van der Waals surface area contributed by atoms with E-state index < -0.39 is 0 Å². The molecule has 0 bridgehead atoms. The average molecular weight is 290 g/mol. The molecule has 0 aliphatic heterocycles.